The van der Waals surface area contributed by atoms with Crippen LogP contribution >= 0.6 is 0 Å². The molecule has 1 aromatic rings. The molecule has 2 atom stereocenters. The molecule has 21 heavy (non-hydrogen) atoms. The van der Waals surface area contributed by atoms with Crippen LogP contribution in [0.5, 0.6) is 0 Å². The number of hydrogen-bond donors (Lipinski definition) is 3. The van der Waals surface area contributed by atoms with Gasteiger partial charge in [-0.2, -0.15) is 0 Å². The molecule has 1 heterocycles. The van der Waals surface area contributed by atoms with Gasteiger partial charge in [-0.15, -0.1) is 6.58 Å². The van der Waals surface area contributed by atoms with Gasteiger partial charge in [-0.05, 0) is 43.5 Å². The Kier molecular flexibility index (Phi) is 4.02. The fraction of sp³-hybridized carbons (Fsp3) is 0.375. The van der Waals surface area contributed by atoms with E-state index in [0.29, 0.717) is 12.8 Å². The third-order valence-electron chi connectivity index (χ3n) is 4.08. The summed E-state index contributed by atoms with van der Waals surface area (Å²) in [5, 5.41) is 21.4. The minimum absolute atomic E-state index is 0.0514. The molecule has 5 nitrogen and oxygen atoms in total. The van der Waals surface area contributed by atoms with E-state index in [9.17, 15) is 9.59 Å². The number of carbonyl (C=O) groups is 2. The maximum Gasteiger partial charge on any atom is 0.335 e. The molecule has 112 valence electrons. The van der Waals surface area contributed by atoms with Crippen LogP contribution in [0.25, 0.3) is 0 Å². The summed E-state index contributed by atoms with van der Waals surface area (Å²) in [7, 11) is 0. The van der Waals surface area contributed by atoms with Crippen molar-refractivity contribution in [2.75, 3.05) is 5.32 Å². The van der Waals surface area contributed by atoms with E-state index in [1.165, 1.54) is 0 Å². The van der Waals surface area contributed by atoms with Gasteiger partial charge in [0, 0.05) is 23.6 Å². The molecular formula is C16H19NO4. The standard InChI is InChI=1S/C16H19NO4/c1-3-8-16(2)12(5-7-14(18)19)11-9-10(15(20)21)4-6-13(11)17-16/h3-4,6,9,12,17H,1,5,7-8H2,2H3,(H,18,19)(H,20,21). The van der Waals surface area contributed by atoms with E-state index in [-0.39, 0.29) is 23.4 Å². The normalized spacial score (nSPS) is 23.2. The minimum Gasteiger partial charge on any atom is -0.481 e. The van der Waals surface area contributed by atoms with Crippen molar-refractivity contribution in [3.05, 3.63) is 42.0 Å². The van der Waals surface area contributed by atoms with E-state index in [4.69, 9.17) is 10.2 Å². The summed E-state index contributed by atoms with van der Waals surface area (Å²) >= 11 is 0. The highest BCUT2D eigenvalue weighted by Crippen LogP contribution is 2.47. The van der Waals surface area contributed by atoms with Crippen LogP contribution in [0.15, 0.2) is 30.9 Å². The van der Waals surface area contributed by atoms with Crippen molar-refractivity contribution >= 4 is 17.6 Å². The van der Waals surface area contributed by atoms with Gasteiger partial charge in [-0.1, -0.05) is 6.08 Å². The maximum absolute atomic E-state index is 11.1. The highest BCUT2D eigenvalue weighted by molar-refractivity contribution is 5.89. The van der Waals surface area contributed by atoms with Crippen molar-refractivity contribution in [2.24, 2.45) is 0 Å². The van der Waals surface area contributed by atoms with Crippen molar-refractivity contribution in [2.45, 2.75) is 37.6 Å². The lowest BCUT2D eigenvalue weighted by atomic mass is 9.79. The molecule has 5 heteroatoms. The average molecular weight is 289 g/mol. The Morgan fingerprint density at radius 3 is 2.71 bits per heavy atom. The van der Waals surface area contributed by atoms with Crippen LogP contribution in [-0.4, -0.2) is 27.7 Å². The molecule has 3 N–H and O–H groups in total. The van der Waals surface area contributed by atoms with Gasteiger partial charge in [-0.25, -0.2) is 4.79 Å². The second-order valence-electron chi connectivity index (χ2n) is 5.63. The van der Waals surface area contributed by atoms with Crippen LogP contribution in [0.4, 0.5) is 5.69 Å². The summed E-state index contributed by atoms with van der Waals surface area (Å²) in [5.74, 6) is -1.88. The second kappa shape index (κ2) is 5.60. The Morgan fingerprint density at radius 2 is 2.14 bits per heavy atom. The molecule has 0 aromatic heterocycles. The SMILES string of the molecule is C=CCC1(C)Nc2ccc(C(=O)O)cc2C1CCC(=O)O. The van der Waals surface area contributed by atoms with E-state index >= 15 is 0 Å². The Bertz CT molecular complexity index is 596. The summed E-state index contributed by atoms with van der Waals surface area (Å²) in [6.45, 7) is 5.77. The third-order valence-corrected chi connectivity index (χ3v) is 4.08. The largest absolute Gasteiger partial charge is 0.481 e. The molecule has 0 amide bonds. The minimum atomic E-state index is -0.980. The van der Waals surface area contributed by atoms with Gasteiger partial charge in [0.25, 0.3) is 0 Å². The number of carboxylic acids is 2. The number of aromatic carboxylic acids is 1. The monoisotopic (exact) mass is 289 g/mol. The highest BCUT2D eigenvalue weighted by atomic mass is 16.4. The lowest BCUT2D eigenvalue weighted by Gasteiger charge is -2.31. The van der Waals surface area contributed by atoms with Crippen molar-refractivity contribution in [1.82, 2.24) is 0 Å². The topological polar surface area (TPSA) is 86.6 Å². The lowest BCUT2D eigenvalue weighted by Crippen LogP contribution is -2.35. The Balaban J connectivity index is 2.40. The molecule has 1 aliphatic heterocycles. The molecule has 1 aromatic carbocycles. The Labute approximate surface area is 123 Å². The quantitative estimate of drug-likeness (QED) is 0.700. The van der Waals surface area contributed by atoms with Crippen molar-refractivity contribution < 1.29 is 19.8 Å². The molecule has 0 saturated heterocycles. The first kappa shape index (κ1) is 15.1. The van der Waals surface area contributed by atoms with Crippen LogP contribution in [0.3, 0.4) is 0 Å². The summed E-state index contributed by atoms with van der Waals surface area (Å²) < 4.78 is 0. The smallest absolute Gasteiger partial charge is 0.335 e. The van der Waals surface area contributed by atoms with Crippen LogP contribution in [0.2, 0.25) is 0 Å². The Morgan fingerprint density at radius 1 is 1.43 bits per heavy atom. The Hall–Kier alpha value is -2.30. The van der Waals surface area contributed by atoms with Gasteiger partial charge < -0.3 is 15.5 Å². The van der Waals surface area contributed by atoms with Gasteiger partial charge in [0.15, 0.2) is 0 Å². The van der Waals surface area contributed by atoms with E-state index in [2.05, 4.69) is 11.9 Å². The van der Waals surface area contributed by atoms with Crippen LogP contribution in [0, 0.1) is 0 Å². The molecule has 1 aliphatic rings. The number of aliphatic carboxylic acids is 1. The zero-order valence-electron chi connectivity index (χ0n) is 11.9. The van der Waals surface area contributed by atoms with Crippen LogP contribution in [0.1, 0.15) is 48.0 Å². The van der Waals surface area contributed by atoms with Crippen molar-refractivity contribution in [3.8, 4) is 0 Å². The third kappa shape index (κ3) is 2.91. The van der Waals surface area contributed by atoms with Crippen molar-refractivity contribution in [1.29, 1.82) is 0 Å². The fourth-order valence-electron chi connectivity index (χ4n) is 3.07. The molecule has 0 bridgehead atoms. The van der Waals surface area contributed by atoms with Gasteiger partial charge in [0.05, 0.1) is 5.56 Å². The first-order valence-corrected chi connectivity index (χ1v) is 6.85. The fourth-order valence-corrected chi connectivity index (χ4v) is 3.07. The molecule has 0 saturated carbocycles. The van der Waals surface area contributed by atoms with Crippen molar-refractivity contribution in [3.63, 3.8) is 0 Å². The number of carboxylic acid groups (broad SMARTS) is 2. The molecule has 0 spiro atoms. The highest BCUT2D eigenvalue weighted by Gasteiger charge is 2.41. The molecule has 2 unspecified atom stereocenters. The number of benzene rings is 1. The van der Waals surface area contributed by atoms with Gasteiger partial charge in [-0.3, -0.25) is 4.79 Å². The summed E-state index contributed by atoms with van der Waals surface area (Å²) in [6, 6.07) is 4.95. The number of nitrogens with one attached hydrogen (secondary N) is 1. The number of hydrogen-bond acceptors (Lipinski definition) is 3. The molecule has 0 radical (unpaired) electrons. The second-order valence-corrected chi connectivity index (χ2v) is 5.63. The van der Waals surface area contributed by atoms with Gasteiger partial charge >= 0.3 is 11.9 Å². The average Bonchev–Trinajstić information content (AvgIpc) is 2.67. The van der Waals surface area contributed by atoms with E-state index in [1.807, 2.05) is 6.92 Å². The lowest BCUT2D eigenvalue weighted by molar-refractivity contribution is -0.137. The van der Waals surface area contributed by atoms with Crippen LogP contribution < -0.4 is 5.32 Å². The molecular weight excluding hydrogens is 270 g/mol. The first-order valence-electron chi connectivity index (χ1n) is 6.85. The summed E-state index contributed by atoms with van der Waals surface area (Å²) in [5.41, 5.74) is 1.63. The first-order chi connectivity index (χ1) is 9.87. The number of fused-ring (bicyclic) bond motifs is 1. The predicted octanol–water partition coefficient (Wildman–Crippen LogP) is 3.09. The van der Waals surface area contributed by atoms with Gasteiger partial charge in [0.2, 0.25) is 0 Å². The number of anilines is 1. The van der Waals surface area contributed by atoms with E-state index in [0.717, 1.165) is 11.3 Å². The predicted molar refractivity (Wildman–Crippen MR) is 79.9 cm³/mol. The van der Waals surface area contributed by atoms with Gasteiger partial charge in [0.1, 0.15) is 0 Å². The molecule has 0 fully saturated rings. The maximum atomic E-state index is 11.1. The summed E-state index contributed by atoms with van der Waals surface area (Å²) in [6.07, 6.45) is 2.98. The van der Waals surface area contributed by atoms with Crippen LogP contribution in [-0.2, 0) is 4.79 Å². The zero-order valence-corrected chi connectivity index (χ0v) is 11.9. The zero-order chi connectivity index (χ0) is 15.6. The number of rotatable bonds is 6. The summed E-state index contributed by atoms with van der Waals surface area (Å²) in [4.78, 5) is 22.0. The molecule has 0 aliphatic carbocycles. The van der Waals surface area contributed by atoms with E-state index < -0.39 is 11.9 Å². The molecule has 2 rings (SSSR count). The van der Waals surface area contributed by atoms with E-state index in [1.54, 1.807) is 24.3 Å².